The van der Waals surface area contributed by atoms with E-state index in [1.54, 1.807) is 11.2 Å². The van der Waals surface area contributed by atoms with Gasteiger partial charge in [0.2, 0.25) is 5.91 Å². The number of thioether (sulfide) groups is 1. The Morgan fingerprint density at radius 2 is 2.32 bits per heavy atom. The molecule has 3 rings (SSSR count). The number of hydrogen-bond donors (Lipinski definition) is 1. The van der Waals surface area contributed by atoms with Gasteiger partial charge >= 0.3 is 0 Å². The third-order valence-corrected chi connectivity index (χ3v) is 4.50. The highest BCUT2D eigenvalue weighted by Crippen LogP contribution is 2.37. The van der Waals surface area contributed by atoms with E-state index >= 15 is 0 Å². The zero-order valence-corrected chi connectivity index (χ0v) is 11.6. The molecular formula is C12H18N4O2S. The van der Waals surface area contributed by atoms with E-state index in [9.17, 15) is 9.90 Å². The van der Waals surface area contributed by atoms with Crippen LogP contribution in [0.1, 0.15) is 31.7 Å². The smallest absolute Gasteiger partial charge is 0.233 e. The molecule has 0 radical (unpaired) electrons. The van der Waals surface area contributed by atoms with Crippen LogP contribution < -0.4 is 0 Å². The first-order chi connectivity index (χ1) is 9.24. The van der Waals surface area contributed by atoms with Gasteiger partial charge in [-0.05, 0) is 25.7 Å². The third kappa shape index (κ3) is 3.09. The van der Waals surface area contributed by atoms with Crippen LogP contribution in [0.5, 0.6) is 0 Å². The predicted octanol–water partition coefficient (Wildman–Crippen LogP) is 0.688. The molecule has 6 nitrogen and oxygen atoms in total. The highest BCUT2D eigenvalue weighted by molar-refractivity contribution is 7.99. The van der Waals surface area contributed by atoms with Crippen molar-refractivity contribution in [3.8, 4) is 0 Å². The minimum Gasteiger partial charge on any atom is -0.391 e. The van der Waals surface area contributed by atoms with Gasteiger partial charge < -0.3 is 14.6 Å². The van der Waals surface area contributed by atoms with Gasteiger partial charge in [0.05, 0.1) is 11.9 Å². The average Bonchev–Trinajstić information content (AvgIpc) is 3.15. The average molecular weight is 282 g/mol. The maximum atomic E-state index is 12.1. The zero-order chi connectivity index (χ0) is 13.2. The maximum absolute atomic E-state index is 12.1. The second kappa shape index (κ2) is 5.50. The summed E-state index contributed by atoms with van der Waals surface area (Å²) in [7, 11) is 0. The molecule has 1 atom stereocenters. The van der Waals surface area contributed by atoms with Crippen LogP contribution >= 0.6 is 11.8 Å². The van der Waals surface area contributed by atoms with Gasteiger partial charge in [0, 0.05) is 19.1 Å². The Labute approximate surface area is 116 Å². The number of aliphatic hydroxyl groups excluding tert-OH is 1. The molecular weight excluding hydrogens is 264 g/mol. The van der Waals surface area contributed by atoms with Crippen molar-refractivity contribution in [2.45, 2.75) is 43.0 Å². The maximum Gasteiger partial charge on any atom is 0.233 e. The van der Waals surface area contributed by atoms with Crippen molar-refractivity contribution in [1.29, 1.82) is 0 Å². The number of amides is 1. The number of rotatable bonds is 4. The molecule has 104 valence electrons. The van der Waals surface area contributed by atoms with Crippen LogP contribution in [0.3, 0.4) is 0 Å². The topological polar surface area (TPSA) is 71.2 Å². The highest BCUT2D eigenvalue weighted by atomic mass is 32.2. The molecule has 1 aliphatic carbocycles. The summed E-state index contributed by atoms with van der Waals surface area (Å²) >= 11 is 1.44. The molecule has 2 heterocycles. The van der Waals surface area contributed by atoms with Crippen molar-refractivity contribution in [3.63, 3.8) is 0 Å². The number of nitrogens with zero attached hydrogens (tertiary/aromatic N) is 4. The van der Waals surface area contributed by atoms with Crippen molar-refractivity contribution in [2.75, 3.05) is 18.8 Å². The lowest BCUT2D eigenvalue weighted by molar-refractivity contribution is -0.131. The van der Waals surface area contributed by atoms with Crippen LogP contribution in [0.25, 0.3) is 0 Å². The number of carbonyl (C=O) groups is 1. The molecule has 2 fully saturated rings. The van der Waals surface area contributed by atoms with Gasteiger partial charge in [-0.3, -0.25) is 4.79 Å². The fraction of sp³-hybridized carbons (Fsp3) is 0.750. The van der Waals surface area contributed by atoms with E-state index in [2.05, 4.69) is 14.8 Å². The van der Waals surface area contributed by atoms with Crippen LogP contribution in [-0.4, -0.2) is 55.6 Å². The van der Waals surface area contributed by atoms with Crippen LogP contribution in [0.4, 0.5) is 0 Å². The van der Waals surface area contributed by atoms with Crippen molar-refractivity contribution in [2.24, 2.45) is 0 Å². The molecule has 1 amide bonds. The van der Waals surface area contributed by atoms with E-state index in [1.165, 1.54) is 24.6 Å². The van der Waals surface area contributed by atoms with E-state index in [1.807, 2.05) is 0 Å². The molecule has 0 unspecified atom stereocenters. The summed E-state index contributed by atoms with van der Waals surface area (Å²) < 4.78 is 2.06. The molecule has 1 saturated carbocycles. The molecule has 2 aliphatic rings. The lowest BCUT2D eigenvalue weighted by atomic mass is 10.1. The van der Waals surface area contributed by atoms with Gasteiger partial charge in [-0.1, -0.05) is 11.8 Å². The molecule has 1 aromatic rings. The second-order valence-corrected chi connectivity index (χ2v) is 6.12. The predicted molar refractivity (Wildman–Crippen MR) is 70.8 cm³/mol. The Kier molecular flexibility index (Phi) is 3.74. The Balaban J connectivity index is 1.53. The first-order valence-electron chi connectivity index (χ1n) is 6.72. The molecule has 0 spiro atoms. The summed E-state index contributed by atoms with van der Waals surface area (Å²) in [6, 6.07) is 0.532. The first kappa shape index (κ1) is 12.9. The van der Waals surface area contributed by atoms with Crippen LogP contribution in [0, 0.1) is 0 Å². The fourth-order valence-corrected chi connectivity index (χ4v) is 3.22. The number of β-amino-alcohol motifs (C(OH)–C–C–N with tert-alkyl or cyclic N) is 1. The largest absolute Gasteiger partial charge is 0.391 e. The third-order valence-electron chi connectivity index (χ3n) is 3.55. The van der Waals surface area contributed by atoms with Crippen molar-refractivity contribution >= 4 is 17.7 Å². The first-order valence-corrected chi connectivity index (χ1v) is 7.71. The van der Waals surface area contributed by atoms with E-state index in [4.69, 9.17) is 0 Å². The summed E-state index contributed by atoms with van der Waals surface area (Å²) in [6.45, 7) is 1.22. The van der Waals surface area contributed by atoms with Gasteiger partial charge in [-0.25, -0.2) is 0 Å². The quantitative estimate of drug-likeness (QED) is 0.823. The van der Waals surface area contributed by atoms with Crippen LogP contribution in [0.15, 0.2) is 11.5 Å². The SMILES string of the molecule is O=C(CSc1nncn1C1CC1)N1CCC[C@H](O)C1. The summed E-state index contributed by atoms with van der Waals surface area (Å²) in [6.07, 6.45) is 5.42. The van der Waals surface area contributed by atoms with Gasteiger partial charge in [-0.2, -0.15) is 0 Å². The van der Waals surface area contributed by atoms with Gasteiger partial charge in [0.25, 0.3) is 0 Å². The molecule has 1 N–H and O–H groups in total. The molecule has 1 aliphatic heterocycles. The highest BCUT2D eigenvalue weighted by Gasteiger charge is 2.27. The second-order valence-electron chi connectivity index (χ2n) is 5.18. The number of piperidine rings is 1. The van der Waals surface area contributed by atoms with Crippen LogP contribution in [-0.2, 0) is 4.79 Å². The molecule has 0 bridgehead atoms. The van der Waals surface area contributed by atoms with Gasteiger partial charge in [0.15, 0.2) is 5.16 Å². The molecule has 1 saturated heterocycles. The molecule has 19 heavy (non-hydrogen) atoms. The lowest BCUT2D eigenvalue weighted by Gasteiger charge is -2.29. The number of likely N-dealkylation sites (tertiary alicyclic amines) is 1. The Morgan fingerprint density at radius 1 is 1.47 bits per heavy atom. The zero-order valence-electron chi connectivity index (χ0n) is 10.7. The monoisotopic (exact) mass is 282 g/mol. The van der Waals surface area contributed by atoms with Crippen molar-refractivity contribution in [1.82, 2.24) is 19.7 Å². The summed E-state index contributed by atoms with van der Waals surface area (Å²) in [5, 5.41) is 18.4. The van der Waals surface area contributed by atoms with Gasteiger partial charge in [-0.15, -0.1) is 10.2 Å². The minimum atomic E-state index is -0.363. The lowest BCUT2D eigenvalue weighted by Crippen LogP contribution is -2.43. The number of hydrogen-bond acceptors (Lipinski definition) is 5. The van der Waals surface area contributed by atoms with E-state index in [0.717, 1.165) is 24.5 Å². The fourth-order valence-electron chi connectivity index (χ4n) is 2.34. The minimum absolute atomic E-state index is 0.0779. The van der Waals surface area contributed by atoms with Gasteiger partial charge in [0.1, 0.15) is 6.33 Å². The van der Waals surface area contributed by atoms with E-state index in [-0.39, 0.29) is 12.0 Å². The summed E-state index contributed by atoms with van der Waals surface area (Å²) in [5.41, 5.74) is 0. The molecule has 7 heteroatoms. The summed E-state index contributed by atoms with van der Waals surface area (Å²) in [4.78, 5) is 13.8. The van der Waals surface area contributed by atoms with Crippen molar-refractivity contribution < 1.29 is 9.90 Å². The summed E-state index contributed by atoms with van der Waals surface area (Å²) in [5.74, 6) is 0.451. The Morgan fingerprint density at radius 3 is 3.05 bits per heavy atom. The molecule has 1 aromatic heterocycles. The van der Waals surface area contributed by atoms with Crippen LogP contribution in [0.2, 0.25) is 0 Å². The standard InChI is InChI=1S/C12H18N4O2S/c17-10-2-1-5-15(6-10)11(18)7-19-12-14-13-8-16(12)9-3-4-9/h8-10,17H,1-7H2/t10-/m0/s1. The Bertz CT molecular complexity index is 460. The number of aromatic nitrogens is 3. The number of carbonyl (C=O) groups excluding carboxylic acids is 1. The van der Waals surface area contributed by atoms with E-state index < -0.39 is 0 Å². The van der Waals surface area contributed by atoms with Crippen molar-refractivity contribution in [3.05, 3.63) is 6.33 Å². The molecule has 0 aromatic carbocycles. The normalized spacial score (nSPS) is 23.6. The number of aliphatic hydroxyl groups is 1. The Hall–Kier alpha value is -1.08. The van der Waals surface area contributed by atoms with E-state index in [0.29, 0.717) is 18.3 Å².